The van der Waals surface area contributed by atoms with Crippen molar-refractivity contribution in [1.82, 2.24) is 5.32 Å². The van der Waals surface area contributed by atoms with Crippen molar-refractivity contribution in [3.63, 3.8) is 0 Å². The molecule has 1 aliphatic carbocycles. The lowest BCUT2D eigenvalue weighted by atomic mass is 9.83. The molecule has 1 N–H and O–H groups in total. The van der Waals surface area contributed by atoms with E-state index in [9.17, 15) is 0 Å². The third-order valence-corrected chi connectivity index (χ3v) is 3.63. The second-order valence-corrected chi connectivity index (χ2v) is 4.81. The molecule has 0 radical (unpaired) electrons. The zero-order valence-electron chi connectivity index (χ0n) is 9.13. The van der Waals surface area contributed by atoms with Gasteiger partial charge in [0.25, 0.3) is 0 Å². The average Bonchev–Trinajstić information content (AvgIpc) is 2.16. The lowest BCUT2D eigenvalue weighted by molar-refractivity contribution is 0.0828. The van der Waals surface area contributed by atoms with Crippen LogP contribution in [0, 0.1) is 5.92 Å². The van der Waals surface area contributed by atoms with Crippen molar-refractivity contribution < 1.29 is 4.74 Å². The average molecular weight is 197 g/mol. The van der Waals surface area contributed by atoms with Gasteiger partial charge in [-0.3, -0.25) is 0 Å². The summed E-state index contributed by atoms with van der Waals surface area (Å²) in [7, 11) is 0. The van der Waals surface area contributed by atoms with Crippen molar-refractivity contribution in [2.24, 2.45) is 5.92 Å². The summed E-state index contributed by atoms with van der Waals surface area (Å²) < 4.78 is 5.72. The van der Waals surface area contributed by atoms with E-state index in [0.717, 1.165) is 19.1 Å². The van der Waals surface area contributed by atoms with Crippen molar-refractivity contribution in [3.05, 3.63) is 0 Å². The van der Waals surface area contributed by atoms with Gasteiger partial charge in [0.05, 0.1) is 6.61 Å². The fraction of sp³-hybridized carbons (Fsp3) is 1.00. The standard InChI is InChI=1S/C12H23NO/c1-2-8-13-12(6-1)10-14-9-7-11-4-3-5-11/h11-13H,1-10H2. The number of ether oxygens (including phenoxy) is 1. The predicted octanol–water partition coefficient (Wildman–Crippen LogP) is 2.34. The Morgan fingerprint density at radius 3 is 2.64 bits per heavy atom. The molecule has 1 saturated carbocycles. The lowest BCUT2D eigenvalue weighted by Gasteiger charge is -2.26. The summed E-state index contributed by atoms with van der Waals surface area (Å²) in [6.07, 6.45) is 9.68. The fourth-order valence-corrected chi connectivity index (χ4v) is 2.32. The molecule has 1 saturated heterocycles. The number of hydrogen-bond donors (Lipinski definition) is 1. The molecule has 0 bridgehead atoms. The van der Waals surface area contributed by atoms with E-state index in [-0.39, 0.29) is 0 Å². The highest BCUT2D eigenvalue weighted by atomic mass is 16.5. The molecule has 2 fully saturated rings. The second-order valence-electron chi connectivity index (χ2n) is 4.81. The first-order valence-electron chi connectivity index (χ1n) is 6.26. The molecule has 0 amide bonds. The zero-order valence-corrected chi connectivity index (χ0v) is 9.13. The van der Waals surface area contributed by atoms with E-state index < -0.39 is 0 Å². The number of nitrogens with one attached hydrogen (secondary N) is 1. The molecule has 14 heavy (non-hydrogen) atoms. The topological polar surface area (TPSA) is 21.3 Å². The summed E-state index contributed by atoms with van der Waals surface area (Å²) in [4.78, 5) is 0. The highest BCUT2D eigenvalue weighted by molar-refractivity contribution is 4.72. The second kappa shape index (κ2) is 5.72. The molecule has 1 unspecified atom stereocenters. The van der Waals surface area contributed by atoms with Crippen LogP contribution in [0.3, 0.4) is 0 Å². The van der Waals surface area contributed by atoms with Crippen LogP contribution in [0.4, 0.5) is 0 Å². The molecule has 1 aliphatic heterocycles. The first-order valence-corrected chi connectivity index (χ1v) is 6.26. The number of hydrogen-bond acceptors (Lipinski definition) is 2. The van der Waals surface area contributed by atoms with Crippen molar-refractivity contribution >= 4 is 0 Å². The van der Waals surface area contributed by atoms with Crippen LogP contribution >= 0.6 is 0 Å². The first kappa shape index (κ1) is 10.4. The molecule has 0 aromatic heterocycles. The SMILES string of the molecule is C1CCC(COCCC2CCC2)NC1. The lowest BCUT2D eigenvalue weighted by Crippen LogP contribution is -2.37. The van der Waals surface area contributed by atoms with Crippen molar-refractivity contribution in [1.29, 1.82) is 0 Å². The van der Waals surface area contributed by atoms with Crippen molar-refractivity contribution in [3.8, 4) is 0 Å². The maximum absolute atomic E-state index is 5.72. The largest absolute Gasteiger partial charge is 0.380 e. The summed E-state index contributed by atoms with van der Waals surface area (Å²) in [5.74, 6) is 0.995. The predicted molar refractivity (Wildman–Crippen MR) is 58.4 cm³/mol. The smallest absolute Gasteiger partial charge is 0.0619 e. The Morgan fingerprint density at radius 1 is 1.07 bits per heavy atom. The van der Waals surface area contributed by atoms with E-state index >= 15 is 0 Å². The maximum atomic E-state index is 5.72. The van der Waals surface area contributed by atoms with Crippen molar-refractivity contribution in [2.75, 3.05) is 19.8 Å². The highest BCUT2D eigenvalue weighted by Gasteiger charge is 2.17. The Bertz CT molecular complexity index is 150. The molecule has 2 aliphatic rings. The van der Waals surface area contributed by atoms with Gasteiger partial charge in [-0.25, -0.2) is 0 Å². The van der Waals surface area contributed by atoms with Gasteiger partial charge in [0.1, 0.15) is 0 Å². The van der Waals surface area contributed by atoms with Gasteiger partial charge in [-0.2, -0.15) is 0 Å². The molecular formula is C12H23NO. The third-order valence-electron chi connectivity index (χ3n) is 3.63. The molecule has 82 valence electrons. The molecular weight excluding hydrogens is 174 g/mol. The van der Waals surface area contributed by atoms with Gasteiger partial charge in [-0.1, -0.05) is 25.7 Å². The van der Waals surface area contributed by atoms with E-state index in [0.29, 0.717) is 6.04 Å². The summed E-state index contributed by atoms with van der Waals surface area (Å²) >= 11 is 0. The Labute approximate surface area is 87.4 Å². The third kappa shape index (κ3) is 3.25. The molecule has 0 aromatic rings. The van der Waals surface area contributed by atoms with Gasteiger partial charge in [0.2, 0.25) is 0 Å². The van der Waals surface area contributed by atoms with Crippen LogP contribution in [0.2, 0.25) is 0 Å². The van der Waals surface area contributed by atoms with Crippen LogP contribution in [0.25, 0.3) is 0 Å². The van der Waals surface area contributed by atoms with Crippen molar-refractivity contribution in [2.45, 2.75) is 51.0 Å². The fourth-order valence-electron chi connectivity index (χ4n) is 2.32. The minimum Gasteiger partial charge on any atom is -0.380 e. The van der Waals surface area contributed by atoms with E-state index in [4.69, 9.17) is 4.74 Å². The van der Waals surface area contributed by atoms with Crippen LogP contribution < -0.4 is 5.32 Å². The normalized spacial score (nSPS) is 28.7. The molecule has 2 nitrogen and oxygen atoms in total. The summed E-state index contributed by atoms with van der Waals surface area (Å²) in [6, 6.07) is 0.644. The maximum Gasteiger partial charge on any atom is 0.0619 e. The van der Waals surface area contributed by atoms with Gasteiger partial charge in [-0.15, -0.1) is 0 Å². The van der Waals surface area contributed by atoms with Crippen LogP contribution in [0.1, 0.15) is 44.9 Å². The van der Waals surface area contributed by atoms with Crippen LogP contribution in [-0.2, 0) is 4.74 Å². The summed E-state index contributed by atoms with van der Waals surface area (Å²) in [5.41, 5.74) is 0. The van der Waals surface area contributed by atoms with Crippen LogP contribution in [-0.4, -0.2) is 25.8 Å². The monoisotopic (exact) mass is 197 g/mol. The first-order chi connectivity index (χ1) is 6.95. The Balaban J connectivity index is 1.45. The van der Waals surface area contributed by atoms with Gasteiger partial charge in [0.15, 0.2) is 0 Å². The minimum absolute atomic E-state index is 0.644. The molecule has 0 aromatic carbocycles. The van der Waals surface area contributed by atoms with Gasteiger partial charge >= 0.3 is 0 Å². The van der Waals surface area contributed by atoms with Crippen LogP contribution in [0.5, 0.6) is 0 Å². The van der Waals surface area contributed by atoms with E-state index in [1.54, 1.807) is 0 Å². The minimum atomic E-state index is 0.644. The molecule has 0 spiro atoms. The zero-order chi connectivity index (χ0) is 9.64. The molecule has 2 rings (SSSR count). The Hall–Kier alpha value is -0.0800. The highest BCUT2D eigenvalue weighted by Crippen LogP contribution is 2.29. The van der Waals surface area contributed by atoms with Gasteiger partial charge in [-0.05, 0) is 31.7 Å². The van der Waals surface area contributed by atoms with Gasteiger partial charge in [0, 0.05) is 12.6 Å². The molecule has 1 heterocycles. The summed E-state index contributed by atoms with van der Waals surface area (Å²) in [6.45, 7) is 3.12. The Kier molecular flexibility index (Phi) is 4.26. The van der Waals surface area contributed by atoms with Crippen LogP contribution in [0.15, 0.2) is 0 Å². The quantitative estimate of drug-likeness (QED) is 0.683. The van der Waals surface area contributed by atoms with E-state index in [1.165, 1.54) is 51.5 Å². The molecule has 2 heteroatoms. The van der Waals surface area contributed by atoms with Gasteiger partial charge < -0.3 is 10.1 Å². The van der Waals surface area contributed by atoms with E-state index in [1.807, 2.05) is 0 Å². The number of piperidine rings is 1. The summed E-state index contributed by atoms with van der Waals surface area (Å²) in [5, 5.41) is 3.51. The Morgan fingerprint density at radius 2 is 2.00 bits per heavy atom. The number of rotatable bonds is 5. The van der Waals surface area contributed by atoms with E-state index in [2.05, 4.69) is 5.32 Å². The molecule has 1 atom stereocenters.